The highest BCUT2D eigenvalue weighted by atomic mass is 79.9. The highest BCUT2D eigenvalue weighted by Crippen LogP contribution is 2.39. The number of alkyl halides is 1. The number of amidine groups is 1. The van der Waals surface area contributed by atoms with Crippen molar-refractivity contribution >= 4 is 31.6 Å². The fraction of sp³-hybridized carbons (Fsp3) is 0.462. The van der Waals surface area contributed by atoms with E-state index in [9.17, 15) is 17.2 Å². The van der Waals surface area contributed by atoms with Crippen molar-refractivity contribution in [3.63, 3.8) is 0 Å². The molecule has 1 heterocycles. The molecule has 1 aliphatic heterocycles. The van der Waals surface area contributed by atoms with Gasteiger partial charge in [-0.1, -0.05) is 15.9 Å². The van der Waals surface area contributed by atoms with Crippen molar-refractivity contribution in [2.24, 2.45) is 10.7 Å². The van der Waals surface area contributed by atoms with Crippen LogP contribution in [0.5, 0.6) is 0 Å². The van der Waals surface area contributed by atoms with Crippen LogP contribution in [0.25, 0.3) is 0 Å². The molecule has 1 atom stereocenters. The van der Waals surface area contributed by atoms with E-state index in [2.05, 4.69) is 20.9 Å². The molecule has 0 radical (unpaired) electrons. The standard InChI is InChI=1S/C13H15BrF2N2O2S/c1-12(2)11(17)18-13(6-15,7-21(12,19)20)9-5-8(14)3-4-10(9)16/h3-5H,6-7H2,1-2H3,(H2,17,18)/t13-/m0/s1. The first-order chi connectivity index (χ1) is 9.56. The van der Waals surface area contributed by atoms with Gasteiger partial charge in [0.2, 0.25) is 0 Å². The fourth-order valence-corrected chi connectivity index (χ4v) is 4.20. The van der Waals surface area contributed by atoms with Gasteiger partial charge in [0.25, 0.3) is 0 Å². The van der Waals surface area contributed by atoms with Crippen molar-refractivity contribution in [2.45, 2.75) is 24.1 Å². The zero-order valence-electron chi connectivity index (χ0n) is 11.5. The number of benzene rings is 1. The average Bonchev–Trinajstić information content (AvgIpc) is 2.38. The molecule has 1 aromatic carbocycles. The van der Waals surface area contributed by atoms with Crippen LogP contribution in [0.4, 0.5) is 8.78 Å². The zero-order chi connectivity index (χ0) is 16.1. The van der Waals surface area contributed by atoms with Gasteiger partial charge in [-0.05, 0) is 32.0 Å². The Morgan fingerprint density at radius 2 is 2.05 bits per heavy atom. The Kier molecular flexibility index (Phi) is 3.90. The zero-order valence-corrected chi connectivity index (χ0v) is 13.9. The first-order valence-electron chi connectivity index (χ1n) is 6.15. The Morgan fingerprint density at radius 3 is 2.57 bits per heavy atom. The van der Waals surface area contributed by atoms with Crippen LogP contribution in [0, 0.1) is 5.82 Å². The third-order valence-corrected chi connectivity index (χ3v) is 6.92. The summed E-state index contributed by atoms with van der Waals surface area (Å²) in [4.78, 5) is 4.03. The lowest BCUT2D eigenvalue weighted by Crippen LogP contribution is -2.56. The van der Waals surface area contributed by atoms with Gasteiger partial charge in [-0.25, -0.2) is 17.2 Å². The summed E-state index contributed by atoms with van der Waals surface area (Å²) in [6.45, 7) is 1.65. The van der Waals surface area contributed by atoms with Crippen LogP contribution in [0.2, 0.25) is 0 Å². The van der Waals surface area contributed by atoms with E-state index >= 15 is 0 Å². The highest BCUT2D eigenvalue weighted by molar-refractivity contribution is 9.10. The molecule has 0 saturated carbocycles. The van der Waals surface area contributed by atoms with Crippen LogP contribution in [0.3, 0.4) is 0 Å². The van der Waals surface area contributed by atoms with Gasteiger partial charge >= 0.3 is 0 Å². The van der Waals surface area contributed by atoms with Gasteiger partial charge < -0.3 is 5.73 Å². The van der Waals surface area contributed by atoms with Crippen LogP contribution >= 0.6 is 15.9 Å². The first kappa shape index (κ1) is 16.4. The van der Waals surface area contributed by atoms with Gasteiger partial charge in [-0.15, -0.1) is 0 Å². The number of nitrogens with two attached hydrogens (primary N) is 1. The van der Waals surface area contributed by atoms with Gasteiger partial charge in [-0.3, -0.25) is 4.99 Å². The maximum absolute atomic E-state index is 14.1. The predicted molar refractivity (Wildman–Crippen MR) is 81.2 cm³/mol. The molecule has 2 N–H and O–H groups in total. The third kappa shape index (κ3) is 2.48. The smallest absolute Gasteiger partial charge is 0.165 e. The van der Waals surface area contributed by atoms with Crippen molar-refractivity contribution in [1.82, 2.24) is 0 Å². The molecule has 4 nitrogen and oxygen atoms in total. The second kappa shape index (κ2) is 5.01. The van der Waals surface area contributed by atoms with E-state index in [-0.39, 0.29) is 11.4 Å². The number of hydrogen-bond acceptors (Lipinski definition) is 4. The molecular formula is C13H15BrF2N2O2S. The van der Waals surface area contributed by atoms with Gasteiger partial charge in [0.1, 0.15) is 28.6 Å². The van der Waals surface area contributed by atoms with E-state index in [0.29, 0.717) is 4.47 Å². The Bertz CT molecular complexity index is 719. The molecule has 1 aliphatic rings. The lowest BCUT2D eigenvalue weighted by molar-refractivity contribution is 0.323. The third-order valence-electron chi connectivity index (χ3n) is 3.81. The van der Waals surface area contributed by atoms with Crippen LogP contribution in [0.1, 0.15) is 19.4 Å². The largest absolute Gasteiger partial charge is 0.386 e. The van der Waals surface area contributed by atoms with Crippen molar-refractivity contribution in [1.29, 1.82) is 0 Å². The number of halogens is 3. The maximum Gasteiger partial charge on any atom is 0.165 e. The van der Waals surface area contributed by atoms with Crippen LogP contribution < -0.4 is 5.73 Å². The number of rotatable bonds is 2. The van der Waals surface area contributed by atoms with Crippen molar-refractivity contribution in [3.05, 3.63) is 34.1 Å². The van der Waals surface area contributed by atoms with Crippen molar-refractivity contribution < 1.29 is 17.2 Å². The number of nitrogens with zero attached hydrogens (tertiary/aromatic N) is 1. The summed E-state index contributed by atoms with van der Waals surface area (Å²) in [5, 5.41) is 0. The summed E-state index contributed by atoms with van der Waals surface area (Å²) >= 11 is 3.16. The van der Waals surface area contributed by atoms with Crippen LogP contribution in [0.15, 0.2) is 27.7 Å². The van der Waals surface area contributed by atoms with Gasteiger partial charge in [-0.2, -0.15) is 0 Å². The molecule has 1 aromatic rings. The molecule has 0 aromatic heterocycles. The van der Waals surface area contributed by atoms with Crippen LogP contribution in [-0.4, -0.2) is 31.4 Å². The molecule has 116 valence electrons. The van der Waals surface area contributed by atoms with Gasteiger partial charge in [0.05, 0.1) is 5.75 Å². The second-order valence-corrected chi connectivity index (χ2v) is 9.01. The van der Waals surface area contributed by atoms with Crippen molar-refractivity contribution in [2.75, 3.05) is 12.4 Å². The Labute approximate surface area is 130 Å². The molecule has 0 unspecified atom stereocenters. The minimum Gasteiger partial charge on any atom is -0.386 e. The quantitative estimate of drug-likeness (QED) is 0.855. The SMILES string of the molecule is CC1(C)C(N)=N[C@](CF)(c2cc(Br)ccc2F)CS1(=O)=O. The molecule has 0 saturated heterocycles. The number of aliphatic imine (C=N–C) groups is 1. The van der Waals surface area contributed by atoms with E-state index < -0.39 is 38.4 Å². The maximum atomic E-state index is 14.1. The average molecular weight is 381 g/mol. The summed E-state index contributed by atoms with van der Waals surface area (Å²) in [5.74, 6) is -1.56. The lowest BCUT2D eigenvalue weighted by Gasteiger charge is -2.38. The van der Waals surface area contributed by atoms with E-state index in [0.717, 1.165) is 6.07 Å². The summed E-state index contributed by atoms with van der Waals surface area (Å²) in [6.07, 6.45) is 0. The van der Waals surface area contributed by atoms with E-state index in [4.69, 9.17) is 5.73 Å². The first-order valence-corrected chi connectivity index (χ1v) is 8.60. The molecule has 21 heavy (non-hydrogen) atoms. The van der Waals surface area contributed by atoms with Crippen LogP contribution in [-0.2, 0) is 15.4 Å². The van der Waals surface area contributed by atoms with Gasteiger partial charge in [0.15, 0.2) is 9.84 Å². The minimum absolute atomic E-state index is 0.124. The predicted octanol–water partition coefficient (Wildman–Crippen LogP) is 2.32. The fourth-order valence-electron chi connectivity index (χ4n) is 2.18. The van der Waals surface area contributed by atoms with Gasteiger partial charge in [0, 0.05) is 10.0 Å². The van der Waals surface area contributed by atoms with Crippen molar-refractivity contribution in [3.8, 4) is 0 Å². The summed E-state index contributed by atoms with van der Waals surface area (Å²) in [5.41, 5.74) is 3.77. The van der Waals surface area contributed by atoms with E-state index in [1.165, 1.54) is 26.0 Å². The second-order valence-electron chi connectivity index (χ2n) is 5.56. The lowest BCUT2D eigenvalue weighted by atomic mass is 9.92. The molecule has 0 fully saturated rings. The van der Waals surface area contributed by atoms with E-state index in [1.807, 2.05) is 0 Å². The monoisotopic (exact) mass is 380 g/mol. The highest BCUT2D eigenvalue weighted by Gasteiger charge is 2.51. The molecule has 0 spiro atoms. The van der Waals surface area contributed by atoms with E-state index in [1.54, 1.807) is 0 Å². The molecule has 0 bridgehead atoms. The Balaban J connectivity index is 2.75. The number of hydrogen-bond donors (Lipinski definition) is 1. The topological polar surface area (TPSA) is 72.5 Å². The summed E-state index contributed by atoms with van der Waals surface area (Å²) < 4.78 is 51.7. The molecule has 0 aliphatic carbocycles. The normalized spacial score (nSPS) is 27.2. The summed E-state index contributed by atoms with van der Waals surface area (Å²) in [7, 11) is -3.79. The molecule has 8 heteroatoms. The molecule has 0 amide bonds. The summed E-state index contributed by atoms with van der Waals surface area (Å²) in [6, 6.07) is 3.91. The molecular weight excluding hydrogens is 366 g/mol. The molecule has 2 rings (SSSR count). The number of sulfone groups is 1. The Morgan fingerprint density at radius 1 is 1.43 bits per heavy atom. The Hall–Kier alpha value is -1.02. The minimum atomic E-state index is -3.79.